The van der Waals surface area contributed by atoms with Crippen molar-refractivity contribution in [2.24, 2.45) is 0 Å². The van der Waals surface area contributed by atoms with Crippen LogP contribution in [0.2, 0.25) is 5.02 Å². The number of hydrogen-bond acceptors (Lipinski definition) is 2. The Hall–Kier alpha value is -1.06. The van der Waals surface area contributed by atoms with Crippen LogP contribution in [0.3, 0.4) is 0 Å². The molecule has 2 aromatic rings. The number of fused-ring (bicyclic) bond motifs is 1. The van der Waals surface area contributed by atoms with Crippen molar-refractivity contribution in [3.05, 3.63) is 39.4 Å². The average Bonchev–Trinajstić information content (AvgIpc) is 2.18. The highest BCUT2D eigenvalue weighted by Crippen LogP contribution is 2.18. The first kappa shape index (κ1) is 10.5. The number of H-pyrrole nitrogens is 1. The molecule has 1 N–H and O–H groups in total. The Kier molecular flexibility index (Phi) is 2.67. The molecule has 0 bridgehead atoms. The van der Waals surface area contributed by atoms with Crippen LogP contribution in [0.1, 0.15) is 18.1 Å². The summed E-state index contributed by atoms with van der Waals surface area (Å²) < 4.78 is 0. The number of alkyl halides is 1. The van der Waals surface area contributed by atoms with Crippen molar-refractivity contribution < 1.29 is 0 Å². The summed E-state index contributed by atoms with van der Waals surface area (Å²) in [6, 6.07) is 4.99. The number of benzene rings is 1. The van der Waals surface area contributed by atoms with Gasteiger partial charge in [-0.3, -0.25) is 4.79 Å². The highest BCUT2D eigenvalue weighted by molar-refractivity contribution is 6.31. The predicted molar refractivity (Wildman–Crippen MR) is 61.6 cm³/mol. The molecule has 78 valence electrons. The summed E-state index contributed by atoms with van der Waals surface area (Å²) in [6.07, 6.45) is 0. The minimum atomic E-state index is -0.322. The topological polar surface area (TPSA) is 45.8 Å². The average molecular weight is 243 g/mol. The number of nitrogens with zero attached hydrogens (tertiary/aromatic N) is 1. The fourth-order valence-corrected chi connectivity index (χ4v) is 1.59. The summed E-state index contributed by atoms with van der Waals surface area (Å²) >= 11 is 11.6. The molecule has 0 saturated carbocycles. The lowest BCUT2D eigenvalue weighted by Crippen LogP contribution is -2.12. The van der Waals surface area contributed by atoms with Crippen LogP contribution in [-0.2, 0) is 0 Å². The van der Waals surface area contributed by atoms with Gasteiger partial charge in [-0.1, -0.05) is 11.6 Å². The Morgan fingerprint density at radius 1 is 1.47 bits per heavy atom. The second-order valence-electron chi connectivity index (χ2n) is 3.23. The van der Waals surface area contributed by atoms with Gasteiger partial charge in [0.25, 0.3) is 5.56 Å². The molecule has 0 saturated heterocycles. The lowest BCUT2D eigenvalue weighted by molar-refractivity contribution is 0.914. The van der Waals surface area contributed by atoms with Gasteiger partial charge in [-0.2, -0.15) is 0 Å². The highest BCUT2D eigenvalue weighted by Gasteiger charge is 2.08. The molecule has 1 atom stereocenters. The number of nitrogens with one attached hydrogen (secondary N) is 1. The lowest BCUT2D eigenvalue weighted by Gasteiger charge is -2.04. The summed E-state index contributed by atoms with van der Waals surface area (Å²) in [5, 5.41) is 0.669. The Labute approximate surface area is 96.1 Å². The van der Waals surface area contributed by atoms with Gasteiger partial charge in [0, 0.05) is 5.02 Å². The molecule has 0 aliphatic rings. The third-order valence-electron chi connectivity index (χ3n) is 2.06. The van der Waals surface area contributed by atoms with Crippen molar-refractivity contribution in [1.82, 2.24) is 9.97 Å². The standard InChI is InChI=1S/C10H8Cl2N2O/c1-5(11)9-13-8-3-2-6(12)4-7(8)10(15)14-9/h2-5H,1H3,(H,13,14,15). The molecule has 1 unspecified atom stereocenters. The molecule has 2 rings (SSSR count). The van der Waals surface area contributed by atoms with Crippen molar-refractivity contribution in [2.75, 3.05) is 0 Å². The Morgan fingerprint density at radius 2 is 2.20 bits per heavy atom. The quantitative estimate of drug-likeness (QED) is 0.782. The Bertz CT molecular complexity index is 563. The summed E-state index contributed by atoms with van der Waals surface area (Å²) in [5.74, 6) is 0.469. The molecule has 5 heteroatoms. The zero-order valence-electron chi connectivity index (χ0n) is 7.92. The molecule has 1 aromatic heterocycles. The molecule has 0 spiro atoms. The fourth-order valence-electron chi connectivity index (χ4n) is 1.32. The molecule has 0 aliphatic heterocycles. The van der Waals surface area contributed by atoms with E-state index in [1.54, 1.807) is 25.1 Å². The molecule has 15 heavy (non-hydrogen) atoms. The molecule has 3 nitrogen and oxygen atoms in total. The van der Waals surface area contributed by atoms with Gasteiger partial charge in [-0.05, 0) is 25.1 Å². The maximum atomic E-state index is 11.6. The first-order valence-corrected chi connectivity index (χ1v) is 5.23. The molecule has 1 heterocycles. The zero-order valence-corrected chi connectivity index (χ0v) is 9.43. The van der Waals surface area contributed by atoms with Gasteiger partial charge in [0.05, 0.1) is 16.3 Å². The maximum Gasteiger partial charge on any atom is 0.258 e. The summed E-state index contributed by atoms with van der Waals surface area (Å²) in [6.45, 7) is 1.75. The van der Waals surface area contributed by atoms with E-state index in [-0.39, 0.29) is 10.9 Å². The van der Waals surface area contributed by atoms with Crippen molar-refractivity contribution in [1.29, 1.82) is 0 Å². The van der Waals surface area contributed by atoms with Gasteiger partial charge >= 0.3 is 0 Å². The molecule has 0 fully saturated rings. The zero-order chi connectivity index (χ0) is 11.0. The first-order chi connectivity index (χ1) is 7.08. The van der Waals surface area contributed by atoms with Gasteiger partial charge in [-0.15, -0.1) is 11.6 Å². The van der Waals surface area contributed by atoms with Gasteiger partial charge in [-0.25, -0.2) is 4.98 Å². The molecule has 0 aliphatic carbocycles. The molecular weight excluding hydrogens is 235 g/mol. The Morgan fingerprint density at radius 3 is 2.87 bits per heavy atom. The third-order valence-corrected chi connectivity index (χ3v) is 2.50. The van der Waals surface area contributed by atoms with Crippen LogP contribution in [0.25, 0.3) is 10.9 Å². The van der Waals surface area contributed by atoms with Gasteiger partial charge in [0.15, 0.2) is 0 Å². The van der Waals surface area contributed by atoms with Crippen LogP contribution in [-0.4, -0.2) is 9.97 Å². The molecule has 0 amide bonds. The Balaban J connectivity index is 2.79. The van der Waals surface area contributed by atoms with Crippen LogP contribution in [0.4, 0.5) is 0 Å². The highest BCUT2D eigenvalue weighted by atomic mass is 35.5. The van der Waals surface area contributed by atoms with E-state index in [9.17, 15) is 4.79 Å². The monoisotopic (exact) mass is 242 g/mol. The molecular formula is C10H8Cl2N2O. The maximum absolute atomic E-state index is 11.6. The number of aromatic amines is 1. The van der Waals surface area contributed by atoms with Gasteiger partial charge < -0.3 is 4.98 Å². The van der Waals surface area contributed by atoms with E-state index >= 15 is 0 Å². The SMILES string of the molecule is CC(Cl)c1nc2ccc(Cl)cc2c(=O)[nH]1. The van der Waals surface area contributed by atoms with Crippen molar-refractivity contribution in [3.63, 3.8) is 0 Å². The second-order valence-corrected chi connectivity index (χ2v) is 4.32. The number of aromatic nitrogens is 2. The van der Waals surface area contributed by atoms with Crippen LogP contribution >= 0.6 is 23.2 Å². The molecule has 1 aromatic carbocycles. The molecule has 0 radical (unpaired) electrons. The van der Waals surface area contributed by atoms with Crippen LogP contribution in [0, 0.1) is 0 Å². The first-order valence-electron chi connectivity index (χ1n) is 4.41. The fraction of sp³-hybridized carbons (Fsp3) is 0.200. The summed E-state index contributed by atoms with van der Waals surface area (Å²) in [4.78, 5) is 18.5. The number of halogens is 2. The van der Waals surface area contributed by atoms with Gasteiger partial charge in [0.2, 0.25) is 0 Å². The summed E-state index contributed by atoms with van der Waals surface area (Å²) in [5.41, 5.74) is 0.385. The predicted octanol–water partition coefficient (Wildman–Crippen LogP) is 2.88. The minimum absolute atomic E-state index is 0.218. The van der Waals surface area contributed by atoms with E-state index in [1.807, 2.05) is 0 Å². The van der Waals surface area contributed by atoms with Crippen molar-refractivity contribution >= 4 is 34.1 Å². The smallest absolute Gasteiger partial charge is 0.258 e. The second kappa shape index (κ2) is 3.83. The number of rotatable bonds is 1. The van der Waals surface area contributed by atoms with Crippen LogP contribution in [0.15, 0.2) is 23.0 Å². The van der Waals surface area contributed by atoms with Crippen LogP contribution < -0.4 is 5.56 Å². The normalized spacial score (nSPS) is 13.0. The van der Waals surface area contributed by atoms with Crippen molar-refractivity contribution in [2.45, 2.75) is 12.3 Å². The van der Waals surface area contributed by atoms with E-state index in [2.05, 4.69) is 9.97 Å². The van der Waals surface area contributed by atoms with Crippen LogP contribution in [0.5, 0.6) is 0 Å². The van der Waals surface area contributed by atoms with E-state index in [4.69, 9.17) is 23.2 Å². The van der Waals surface area contributed by atoms with E-state index in [0.717, 1.165) is 0 Å². The van der Waals surface area contributed by atoms with Crippen molar-refractivity contribution in [3.8, 4) is 0 Å². The van der Waals surface area contributed by atoms with E-state index in [0.29, 0.717) is 21.7 Å². The minimum Gasteiger partial charge on any atom is -0.309 e. The number of hydrogen-bond donors (Lipinski definition) is 1. The third kappa shape index (κ3) is 1.98. The lowest BCUT2D eigenvalue weighted by atomic mass is 10.2. The van der Waals surface area contributed by atoms with E-state index < -0.39 is 0 Å². The largest absolute Gasteiger partial charge is 0.309 e. The van der Waals surface area contributed by atoms with Gasteiger partial charge in [0.1, 0.15) is 5.82 Å². The van der Waals surface area contributed by atoms with E-state index in [1.165, 1.54) is 0 Å². The summed E-state index contributed by atoms with van der Waals surface area (Å²) in [7, 11) is 0.